The summed E-state index contributed by atoms with van der Waals surface area (Å²) in [7, 11) is 1.54. The first kappa shape index (κ1) is 15.6. The first-order chi connectivity index (χ1) is 12.0. The van der Waals surface area contributed by atoms with Crippen LogP contribution in [0.4, 0.5) is 0 Å². The number of benzene rings is 1. The maximum Gasteiger partial charge on any atom is 0.231 e. The largest absolute Gasteiger partial charge is 0.632 e. The van der Waals surface area contributed by atoms with E-state index >= 15 is 0 Å². The second kappa shape index (κ2) is 4.96. The van der Waals surface area contributed by atoms with Gasteiger partial charge in [0.2, 0.25) is 6.79 Å². The Morgan fingerprint density at radius 2 is 2.04 bits per heavy atom. The van der Waals surface area contributed by atoms with Gasteiger partial charge in [-0.1, -0.05) is 0 Å². The Hall–Kier alpha value is -1.64. The Balaban J connectivity index is 1.77. The minimum Gasteiger partial charge on any atom is -0.632 e. The van der Waals surface area contributed by atoms with Crippen LogP contribution in [0.3, 0.4) is 0 Å². The topological polar surface area (TPSA) is 91.2 Å². The molecule has 0 aromatic heterocycles. The van der Waals surface area contributed by atoms with Gasteiger partial charge in [-0.3, -0.25) is 0 Å². The normalized spacial score (nSPS) is 41.0. The number of aliphatic hydroxyl groups is 2. The summed E-state index contributed by atoms with van der Waals surface area (Å²) >= 11 is 0. The van der Waals surface area contributed by atoms with E-state index in [1.807, 2.05) is 12.1 Å². The summed E-state index contributed by atoms with van der Waals surface area (Å²) in [5.41, 5.74) is 1.59. The molecule has 5 atom stereocenters. The Morgan fingerprint density at radius 3 is 2.80 bits per heavy atom. The highest BCUT2D eigenvalue weighted by molar-refractivity contribution is 5.55. The van der Waals surface area contributed by atoms with E-state index < -0.39 is 28.5 Å². The number of ether oxygens (including phenoxy) is 3. The van der Waals surface area contributed by atoms with Gasteiger partial charge in [0.15, 0.2) is 17.0 Å². The van der Waals surface area contributed by atoms with Crippen molar-refractivity contribution in [2.45, 2.75) is 36.7 Å². The maximum absolute atomic E-state index is 13.8. The van der Waals surface area contributed by atoms with Crippen molar-refractivity contribution < 1.29 is 29.1 Å². The number of hydroxylamine groups is 3. The summed E-state index contributed by atoms with van der Waals surface area (Å²) in [6.45, 7) is 0.657. The van der Waals surface area contributed by atoms with E-state index in [1.54, 1.807) is 6.08 Å². The van der Waals surface area contributed by atoms with Crippen LogP contribution in [-0.4, -0.2) is 60.2 Å². The average molecular weight is 347 g/mol. The highest BCUT2D eigenvalue weighted by Crippen LogP contribution is 2.58. The van der Waals surface area contributed by atoms with Crippen LogP contribution in [0.2, 0.25) is 0 Å². The Morgan fingerprint density at radius 1 is 1.28 bits per heavy atom. The van der Waals surface area contributed by atoms with Crippen LogP contribution in [-0.2, 0) is 16.7 Å². The van der Waals surface area contributed by atoms with Crippen LogP contribution in [0.5, 0.6) is 11.5 Å². The molecule has 0 amide bonds. The van der Waals surface area contributed by atoms with E-state index in [2.05, 4.69) is 0 Å². The number of methoxy groups -OCH3 is 1. The van der Waals surface area contributed by atoms with Crippen molar-refractivity contribution in [1.82, 2.24) is 0 Å². The molecule has 1 aliphatic carbocycles. The summed E-state index contributed by atoms with van der Waals surface area (Å²) in [5, 5.41) is 34.8. The van der Waals surface area contributed by atoms with Gasteiger partial charge in [-0.25, -0.2) is 0 Å². The van der Waals surface area contributed by atoms with E-state index in [-0.39, 0.29) is 13.3 Å². The molecule has 3 heterocycles. The summed E-state index contributed by atoms with van der Waals surface area (Å²) < 4.78 is 16.0. The lowest BCUT2D eigenvalue weighted by atomic mass is 9.69. The molecule has 1 aromatic carbocycles. The van der Waals surface area contributed by atoms with Crippen LogP contribution in [0.25, 0.3) is 0 Å². The van der Waals surface area contributed by atoms with Crippen molar-refractivity contribution in [1.29, 1.82) is 0 Å². The highest BCUT2D eigenvalue weighted by Gasteiger charge is 2.64. The molecular formula is C18H21NO6. The molecule has 3 aliphatic heterocycles. The van der Waals surface area contributed by atoms with Gasteiger partial charge in [0.05, 0.1) is 18.8 Å². The predicted molar refractivity (Wildman–Crippen MR) is 86.8 cm³/mol. The first-order valence-electron chi connectivity index (χ1n) is 8.61. The molecule has 7 heteroatoms. The van der Waals surface area contributed by atoms with Gasteiger partial charge in [0.25, 0.3) is 0 Å². The molecule has 1 unspecified atom stereocenters. The minimum atomic E-state index is -0.937. The van der Waals surface area contributed by atoms with Crippen LogP contribution < -0.4 is 9.47 Å². The number of hydrogen-bond donors (Lipinski definition) is 2. The van der Waals surface area contributed by atoms with Gasteiger partial charge in [-0.05, 0) is 23.8 Å². The Bertz CT molecular complexity index is 779. The number of aliphatic hydroxyl groups excluding tert-OH is 2. The fraction of sp³-hybridized carbons (Fsp3) is 0.556. The van der Waals surface area contributed by atoms with Crippen molar-refractivity contribution in [3.8, 4) is 11.5 Å². The number of hydrogen-bond acceptors (Lipinski definition) is 6. The lowest BCUT2D eigenvalue weighted by Crippen LogP contribution is -2.61. The van der Waals surface area contributed by atoms with Crippen molar-refractivity contribution in [2.75, 3.05) is 27.0 Å². The van der Waals surface area contributed by atoms with E-state index in [1.165, 1.54) is 7.11 Å². The molecule has 2 N–H and O–H groups in total. The molecule has 7 nitrogen and oxygen atoms in total. The molecule has 1 saturated heterocycles. The van der Waals surface area contributed by atoms with Crippen LogP contribution in [0.1, 0.15) is 17.5 Å². The molecule has 1 aromatic rings. The quantitative estimate of drug-likeness (QED) is 0.438. The van der Waals surface area contributed by atoms with Crippen molar-refractivity contribution in [3.63, 3.8) is 0 Å². The molecule has 4 aliphatic rings. The monoisotopic (exact) mass is 347 g/mol. The van der Waals surface area contributed by atoms with Gasteiger partial charge < -0.3 is 34.3 Å². The molecule has 25 heavy (non-hydrogen) atoms. The van der Waals surface area contributed by atoms with E-state index in [0.717, 1.165) is 11.1 Å². The van der Waals surface area contributed by atoms with Crippen molar-refractivity contribution in [3.05, 3.63) is 40.1 Å². The number of quaternary nitrogens is 1. The smallest absolute Gasteiger partial charge is 0.231 e. The molecular weight excluding hydrogens is 326 g/mol. The van der Waals surface area contributed by atoms with E-state index in [9.17, 15) is 15.4 Å². The molecule has 0 bridgehead atoms. The summed E-state index contributed by atoms with van der Waals surface area (Å²) in [5.74, 6) is 1.33. The zero-order valence-electron chi connectivity index (χ0n) is 14.0. The van der Waals surface area contributed by atoms with E-state index in [0.29, 0.717) is 36.5 Å². The summed E-state index contributed by atoms with van der Waals surface area (Å²) in [4.78, 5) is 0. The second-order valence-electron chi connectivity index (χ2n) is 7.38. The Kier molecular flexibility index (Phi) is 3.09. The number of rotatable bonds is 1. The second-order valence-corrected chi connectivity index (χ2v) is 7.38. The third-order valence-electron chi connectivity index (χ3n) is 6.32. The van der Waals surface area contributed by atoms with Gasteiger partial charge in [0, 0.05) is 31.1 Å². The van der Waals surface area contributed by atoms with Crippen LogP contribution >= 0.6 is 0 Å². The maximum atomic E-state index is 13.8. The summed E-state index contributed by atoms with van der Waals surface area (Å²) in [6, 6.07) is 3.84. The molecule has 1 spiro atoms. The van der Waals surface area contributed by atoms with Crippen molar-refractivity contribution in [2.24, 2.45) is 0 Å². The summed E-state index contributed by atoms with van der Waals surface area (Å²) in [6.07, 6.45) is 0.408. The van der Waals surface area contributed by atoms with Crippen molar-refractivity contribution >= 4 is 0 Å². The molecule has 0 radical (unpaired) electrons. The van der Waals surface area contributed by atoms with Gasteiger partial charge in [0.1, 0.15) is 12.6 Å². The zero-order valence-corrected chi connectivity index (χ0v) is 14.0. The average Bonchev–Trinajstić information content (AvgIpc) is 3.13. The minimum absolute atomic E-state index is 0.100. The predicted octanol–water partition coefficient (Wildman–Crippen LogP) is 0.562. The van der Waals surface area contributed by atoms with Crippen LogP contribution in [0.15, 0.2) is 23.8 Å². The van der Waals surface area contributed by atoms with Crippen LogP contribution in [0, 0.1) is 5.21 Å². The first-order valence-corrected chi connectivity index (χ1v) is 8.61. The van der Waals surface area contributed by atoms with Gasteiger partial charge in [-0.2, -0.15) is 0 Å². The lowest BCUT2D eigenvalue weighted by Gasteiger charge is -2.57. The van der Waals surface area contributed by atoms with Gasteiger partial charge in [-0.15, -0.1) is 0 Å². The SMILES string of the molecule is CO[C@@H]1C[C@@]23C(=C[C@H]1O)[C@@H](O)C[N+]2([O-])CCc1cc2c(cc13)OCO2. The molecule has 5 rings (SSSR count). The number of fused-ring (bicyclic) bond motifs is 2. The van der Waals surface area contributed by atoms with Gasteiger partial charge >= 0.3 is 0 Å². The fourth-order valence-electron chi connectivity index (χ4n) is 5.15. The number of nitrogens with zero attached hydrogens (tertiary/aromatic N) is 1. The third-order valence-corrected chi connectivity index (χ3v) is 6.32. The third kappa shape index (κ3) is 1.82. The lowest BCUT2D eigenvalue weighted by molar-refractivity contribution is -0.927. The standard InChI is InChI=1S/C18H21NO6/c1-23-17-7-18-11-6-16-15(24-9-25-16)4-10(11)2-3-19(18,22)8-14(21)12(18)5-13(17)20/h4-6,13-14,17,20-21H,2-3,7-9H2,1H3/t13-,14+,17-,18-,19?/m1/s1. The highest BCUT2D eigenvalue weighted by atomic mass is 16.7. The molecule has 0 saturated carbocycles. The molecule has 134 valence electrons. The zero-order chi connectivity index (χ0) is 17.4. The fourth-order valence-corrected chi connectivity index (χ4v) is 5.15. The Labute approximate surface area is 145 Å². The van der Waals surface area contributed by atoms with E-state index in [4.69, 9.17) is 14.2 Å². The molecule has 1 fully saturated rings.